The monoisotopic (exact) mass is 462 g/mol. The standard InChI is InChI=1S/C20H22N4O5S2/c25-18-19(26)24(20(27)23(18)9-8-16-5-4-14-30-16)15-21-10-12-22(13-11-21)31(28,29)17-6-2-1-3-7-17/h1-7,14H,8-13,15H2. The molecule has 4 amide bonds. The maximum atomic E-state index is 12.7. The van der Waals surface area contributed by atoms with Gasteiger partial charge in [-0.15, -0.1) is 11.3 Å². The fourth-order valence-electron chi connectivity index (χ4n) is 3.60. The molecule has 0 unspecified atom stereocenters. The number of thiophene rings is 1. The maximum absolute atomic E-state index is 12.7. The number of piperazine rings is 1. The Morgan fingerprint density at radius 3 is 2.16 bits per heavy atom. The van der Waals surface area contributed by atoms with Gasteiger partial charge in [-0.3, -0.25) is 19.4 Å². The smallest absolute Gasteiger partial charge is 0.283 e. The molecule has 3 heterocycles. The minimum absolute atomic E-state index is 0.0296. The molecule has 2 saturated heterocycles. The number of imide groups is 2. The Hall–Kier alpha value is -2.60. The van der Waals surface area contributed by atoms with Crippen molar-refractivity contribution in [2.45, 2.75) is 11.3 Å². The van der Waals surface area contributed by atoms with Gasteiger partial charge in [0, 0.05) is 44.0 Å². The number of amides is 4. The van der Waals surface area contributed by atoms with Crippen molar-refractivity contribution in [1.82, 2.24) is 19.0 Å². The van der Waals surface area contributed by atoms with Crippen molar-refractivity contribution < 1.29 is 22.8 Å². The lowest BCUT2D eigenvalue weighted by molar-refractivity contribution is -0.144. The van der Waals surface area contributed by atoms with Gasteiger partial charge in [0.25, 0.3) is 0 Å². The largest absolute Gasteiger partial charge is 0.335 e. The molecule has 164 valence electrons. The predicted octanol–water partition coefficient (Wildman–Crippen LogP) is 1.05. The molecular weight excluding hydrogens is 440 g/mol. The van der Waals surface area contributed by atoms with Crippen LogP contribution in [-0.2, 0) is 26.0 Å². The van der Waals surface area contributed by atoms with E-state index in [1.165, 1.54) is 15.6 Å². The summed E-state index contributed by atoms with van der Waals surface area (Å²) in [6.45, 7) is 1.31. The summed E-state index contributed by atoms with van der Waals surface area (Å²) in [7, 11) is -3.58. The molecule has 0 radical (unpaired) electrons. The van der Waals surface area contributed by atoms with E-state index >= 15 is 0 Å². The molecule has 2 fully saturated rings. The van der Waals surface area contributed by atoms with E-state index in [0.717, 1.165) is 14.7 Å². The average molecular weight is 463 g/mol. The summed E-state index contributed by atoms with van der Waals surface area (Å²) in [6.07, 6.45) is 0.506. The van der Waals surface area contributed by atoms with Crippen LogP contribution in [0.15, 0.2) is 52.7 Å². The summed E-state index contributed by atoms with van der Waals surface area (Å²) in [5.41, 5.74) is 0. The molecule has 0 saturated carbocycles. The molecule has 2 aliphatic heterocycles. The zero-order valence-electron chi connectivity index (χ0n) is 16.7. The average Bonchev–Trinajstić information content (AvgIpc) is 3.37. The van der Waals surface area contributed by atoms with Gasteiger partial charge in [0.1, 0.15) is 0 Å². The van der Waals surface area contributed by atoms with E-state index in [4.69, 9.17) is 0 Å². The molecule has 0 aliphatic carbocycles. The van der Waals surface area contributed by atoms with Crippen molar-refractivity contribution in [2.24, 2.45) is 0 Å². The second-order valence-electron chi connectivity index (χ2n) is 7.28. The highest BCUT2D eigenvalue weighted by Gasteiger charge is 2.45. The zero-order valence-corrected chi connectivity index (χ0v) is 18.3. The summed E-state index contributed by atoms with van der Waals surface area (Å²) in [6, 6.07) is 11.4. The number of rotatable bonds is 7. The lowest BCUT2D eigenvalue weighted by Gasteiger charge is -2.35. The molecule has 11 heteroatoms. The Morgan fingerprint density at radius 1 is 0.839 bits per heavy atom. The van der Waals surface area contributed by atoms with Gasteiger partial charge < -0.3 is 0 Å². The van der Waals surface area contributed by atoms with E-state index in [9.17, 15) is 22.8 Å². The molecule has 2 aromatic rings. The number of nitrogens with zero attached hydrogens (tertiary/aromatic N) is 4. The van der Waals surface area contributed by atoms with Crippen LogP contribution >= 0.6 is 11.3 Å². The highest BCUT2D eigenvalue weighted by molar-refractivity contribution is 7.89. The lowest BCUT2D eigenvalue weighted by Crippen LogP contribution is -2.52. The summed E-state index contributed by atoms with van der Waals surface area (Å²) in [5, 5.41) is 1.91. The molecule has 9 nitrogen and oxygen atoms in total. The number of carbonyl (C=O) groups excluding carboxylic acids is 3. The van der Waals surface area contributed by atoms with Crippen LogP contribution in [0.4, 0.5) is 4.79 Å². The third-order valence-electron chi connectivity index (χ3n) is 5.35. The highest BCUT2D eigenvalue weighted by atomic mass is 32.2. The number of hydrogen-bond acceptors (Lipinski definition) is 7. The summed E-state index contributed by atoms with van der Waals surface area (Å²) in [5.74, 6) is -1.65. The van der Waals surface area contributed by atoms with E-state index in [1.54, 1.807) is 30.3 Å². The Bertz CT molecular complexity index is 1060. The maximum Gasteiger partial charge on any atom is 0.335 e. The minimum atomic E-state index is -3.58. The second kappa shape index (κ2) is 8.87. The van der Waals surface area contributed by atoms with Gasteiger partial charge in [-0.2, -0.15) is 4.31 Å². The van der Waals surface area contributed by atoms with Gasteiger partial charge in [0.15, 0.2) is 0 Å². The van der Waals surface area contributed by atoms with Crippen LogP contribution in [0.1, 0.15) is 4.88 Å². The Kier molecular flexibility index (Phi) is 6.19. The summed E-state index contributed by atoms with van der Waals surface area (Å²) in [4.78, 5) is 42.3. The Morgan fingerprint density at radius 2 is 1.52 bits per heavy atom. The van der Waals surface area contributed by atoms with Gasteiger partial charge in [0.05, 0.1) is 11.6 Å². The zero-order chi connectivity index (χ0) is 22.0. The van der Waals surface area contributed by atoms with E-state index in [-0.39, 0.29) is 31.2 Å². The van der Waals surface area contributed by atoms with Crippen molar-refractivity contribution in [1.29, 1.82) is 0 Å². The van der Waals surface area contributed by atoms with Crippen LogP contribution in [0, 0.1) is 0 Å². The molecule has 1 aromatic carbocycles. The van der Waals surface area contributed by atoms with E-state index < -0.39 is 27.9 Å². The van der Waals surface area contributed by atoms with Crippen LogP contribution in [0.2, 0.25) is 0 Å². The molecule has 0 atom stereocenters. The third kappa shape index (κ3) is 4.40. The fraction of sp³-hybridized carbons (Fsp3) is 0.350. The van der Waals surface area contributed by atoms with E-state index in [2.05, 4.69) is 0 Å². The van der Waals surface area contributed by atoms with Crippen LogP contribution < -0.4 is 0 Å². The first-order valence-electron chi connectivity index (χ1n) is 9.85. The van der Waals surface area contributed by atoms with Crippen LogP contribution in [0.25, 0.3) is 0 Å². The van der Waals surface area contributed by atoms with E-state index in [1.807, 2.05) is 22.4 Å². The Labute approximate surface area is 184 Å². The van der Waals surface area contributed by atoms with Gasteiger partial charge >= 0.3 is 17.8 Å². The van der Waals surface area contributed by atoms with Crippen LogP contribution in [-0.4, -0.2) is 84.7 Å². The van der Waals surface area contributed by atoms with Crippen molar-refractivity contribution >= 4 is 39.2 Å². The molecule has 0 bridgehead atoms. The highest BCUT2D eigenvalue weighted by Crippen LogP contribution is 2.19. The summed E-state index contributed by atoms with van der Waals surface area (Å²) < 4.78 is 26.9. The summed E-state index contributed by atoms with van der Waals surface area (Å²) >= 11 is 1.53. The van der Waals surface area contributed by atoms with Crippen molar-refractivity contribution in [3.8, 4) is 0 Å². The molecule has 4 rings (SSSR count). The number of hydrogen-bond donors (Lipinski definition) is 0. The Balaban J connectivity index is 1.34. The first kappa shape index (κ1) is 21.6. The fourth-order valence-corrected chi connectivity index (χ4v) is 5.74. The molecule has 31 heavy (non-hydrogen) atoms. The van der Waals surface area contributed by atoms with Gasteiger partial charge in [-0.25, -0.2) is 18.1 Å². The van der Waals surface area contributed by atoms with Crippen molar-refractivity contribution in [3.63, 3.8) is 0 Å². The first-order chi connectivity index (χ1) is 14.9. The predicted molar refractivity (Wildman–Crippen MR) is 114 cm³/mol. The minimum Gasteiger partial charge on any atom is -0.283 e. The van der Waals surface area contributed by atoms with Crippen LogP contribution in [0.3, 0.4) is 0 Å². The molecule has 2 aliphatic rings. The third-order valence-corrected chi connectivity index (χ3v) is 8.20. The molecule has 0 N–H and O–H groups in total. The number of benzene rings is 1. The lowest BCUT2D eigenvalue weighted by atomic mass is 10.3. The van der Waals surface area contributed by atoms with Gasteiger partial charge in [0.2, 0.25) is 10.0 Å². The molecular formula is C20H22N4O5S2. The van der Waals surface area contributed by atoms with Gasteiger partial charge in [-0.05, 0) is 23.6 Å². The number of carbonyl (C=O) groups is 3. The SMILES string of the molecule is O=C1C(=O)N(CN2CCN(S(=O)(=O)c3ccccc3)CC2)C(=O)N1CCc1cccs1. The van der Waals surface area contributed by atoms with Crippen molar-refractivity contribution in [3.05, 3.63) is 52.7 Å². The number of urea groups is 1. The quantitative estimate of drug-likeness (QED) is 0.451. The molecule has 0 spiro atoms. The molecule has 1 aromatic heterocycles. The first-order valence-corrected chi connectivity index (χ1v) is 12.2. The van der Waals surface area contributed by atoms with E-state index in [0.29, 0.717) is 19.5 Å². The second-order valence-corrected chi connectivity index (χ2v) is 10.2. The van der Waals surface area contributed by atoms with Crippen molar-refractivity contribution in [2.75, 3.05) is 39.4 Å². The normalized spacial score (nSPS) is 18.9. The number of sulfonamides is 1. The van der Waals surface area contributed by atoms with Crippen LogP contribution in [0.5, 0.6) is 0 Å². The topological polar surface area (TPSA) is 98.3 Å². The van der Waals surface area contributed by atoms with Gasteiger partial charge in [-0.1, -0.05) is 24.3 Å².